The Kier molecular flexibility index (Phi) is 6.26. The van der Waals surface area contributed by atoms with E-state index < -0.39 is 29.3 Å². The summed E-state index contributed by atoms with van der Waals surface area (Å²) in [6.07, 6.45) is 2.16. The first-order chi connectivity index (χ1) is 17.6. The minimum atomic E-state index is -0.685. The summed E-state index contributed by atoms with van der Waals surface area (Å²) < 4.78 is 6.49. The number of nitrogens with zero attached hydrogens (tertiary/aromatic N) is 2. The first kappa shape index (κ1) is 25.3. The third-order valence-corrected chi connectivity index (χ3v) is 8.13. The van der Waals surface area contributed by atoms with Gasteiger partial charge in [0, 0.05) is 24.0 Å². The van der Waals surface area contributed by atoms with Crippen molar-refractivity contribution >= 4 is 17.8 Å². The Balaban J connectivity index is 1.51. The van der Waals surface area contributed by atoms with E-state index in [1.54, 1.807) is 23.1 Å². The van der Waals surface area contributed by atoms with Crippen LogP contribution in [0.15, 0.2) is 47.5 Å². The largest absolute Gasteiger partial charge is 0.487 e. The van der Waals surface area contributed by atoms with Crippen molar-refractivity contribution in [2.45, 2.75) is 89.1 Å². The highest BCUT2D eigenvalue weighted by Gasteiger charge is 2.46. The number of aliphatic imine (C=N–C) groups is 1. The number of carbonyl (C=O) groups is 2. The molecule has 5 rings (SSSR count). The summed E-state index contributed by atoms with van der Waals surface area (Å²) in [4.78, 5) is 32.9. The molecule has 2 amide bonds. The fraction of sp³-hybridized carbons (Fsp3) is 0.483. The zero-order chi connectivity index (χ0) is 26.5. The first-order valence-corrected chi connectivity index (χ1v) is 13.1. The van der Waals surface area contributed by atoms with Crippen molar-refractivity contribution in [2.75, 3.05) is 0 Å². The summed E-state index contributed by atoms with van der Waals surface area (Å²) in [6.45, 7) is 7.95. The number of carbonyl (C=O) groups excluding carboxylic acids is 2. The standard InChI is InChI=1S/C29H36N4O4/c1-5-29(6-2)15-21(33-24(35)16-28(3,4)32-27(33)30)20-13-18(11-12-23(20)37-29)26(36)31-25-19-10-8-7-9-17(19)14-22(25)34/h7-13,21-22,25,34H,5-6,14-16H2,1-4H3,(H2,30,32)(H,31,36)/t21-,22-,25-/m1/s1. The molecule has 3 aliphatic rings. The number of hydrogen-bond acceptors (Lipinski definition) is 6. The van der Waals surface area contributed by atoms with Gasteiger partial charge in [0.25, 0.3) is 5.91 Å². The van der Waals surface area contributed by atoms with Crippen LogP contribution in [-0.2, 0) is 11.2 Å². The zero-order valence-corrected chi connectivity index (χ0v) is 22.0. The second-order valence-electron chi connectivity index (χ2n) is 11.1. The number of nitrogens with two attached hydrogens (primary N) is 1. The molecule has 8 heteroatoms. The van der Waals surface area contributed by atoms with E-state index in [-0.39, 0.29) is 24.2 Å². The molecule has 0 saturated heterocycles. The Morgan fingerprint density at radius 1 is 1.19 bits per heavy atom. The lowest BCUT2D eigenvalue weighted by Gasteiger charge is -2.46. The summed E-state index contributed by atoms with van der Waals surface area (Å²) in [5.41, 5.74) is 8.52. The van der Waals surface area contributed by atoms with Crippen molar-refractivity contribution in [3.05, 3.63) is 64.7 Å². The van der Waals surface area contributed by atoms with Crippen molar-refractivity contribution in [3.63, 3.8) is 0 Å². The molecule has 0 saturated carbocycles. The summed E-state index contributed by atoms with van der Waals surface area (Å²) in [5.74, 6) is 0.462. The van der Waals surface area contributed by atoms with Crippen LogP contribution >= 0.6 is 0 Å². The molecule has 0 radical (unpaired) electrons. The number of aliphatic hydroxyl groups excluding tert-OH is 1. The lowest BCUT2D eigenvalue weighted by Crippen LogP contribution is -2.54. The number of ether oxygens (including phenoxy) is 1. The van der Waals surface area contributed by atoms with Gasteiger partial charge in [-0.1, -0.05) is 38.1 Å². The summed E-state index contributed by atoms with van der Waals surface area (Å²) in [6, 6.07) is 12.2. The Morgan fingerprint density at radius 2 is 1.92 bits per heavy atom. The van der Waals surface area contributed by atoms with Gasteiger partial charge in [-0.25, -0.2) is 4.99 Å². The average molecular weight is 505 g/mol. The van der Waals surface area contributed by atoms with Gasteiger partial charge in [0.1, 0.15) is 11.4 Å². The molecule has 37 heavy (non-hydrogen) atoms. The number of nitrogens with one attached hydrogen (secondary N) is 1. The lowest BCUT2D eigenvalue weighted by atomic mass is 9.81. The fourth-order valence-corrected chi connectivity index (χ4v) is 5.99. The van der Waals surface area contributed by atoms with E-state index in [9.17, 15) is 14.7 Å². The van der Waals surface area contributed by atoms with Crippen LogP contribution in [0.5, 0.6) is 5.75 Å². The van der Waals surface area contributed by atoms with Crippen LogP contribution in [-0.4, -0.2) is 45.0 Å². The van der Waals surface area contributed by atoms with Crippen LogP contribution in [0.2, 0.25) is 0 Å². The molecule has 4 N–H and O–H groups in total. The number of rotatable bonds is 5. The van der Waals surface area contributed by atoms with Gasteiger partial charge in [-0.05, 0) is 56.0 Å². The van der Waals surface area contributed by atoms with E-state index in [1.807, 2.05) is 38.1 Å². The minimum absolute atomic E-state index is 0.0861. The number of amides is 2. The first-order valence-electron chi connectivity index (χ1n) is 13.1. The van der Waals surface area contributed by atoms with Gasteiger partial charge in [0.2, 0.25) is 5.91 Å². The molecule has 2 aromatic rings. The molecule has 0 aromatic heterocycles. The average Bonchev–Trinajstić information content (AvgIpc) is 3.17. The van der Waals surface area contributed by atoms with Gasteiger partial charge in [-0.2, -0.15) is 0 Å². The van der Waals surface area contributed by atoms with Gasteiger partial charge >= 0.3 is 0 Å². The van der Waals surface area contributed by atoms with E-state index in [1.165, 1.54) is 0 Å². The Hall–Kier alpha value is -3.39. The number of hydrogen-bond donors (Lipinski definition) is 3. The van der Waals surface area contributed by atoms with Crippen LogP contribution in [0, 0.1) is 0 Å². The quantitative estimate of drug-likeness (QED) is 0.573. The molecule has 2 aliphatic heterocycles. The highest BCUT2D eigenvalue weighted by molar-refractivity contribution is 6.00. The van der Waals surface area contributed by atoms with Crippen LogP contribution in [0.3, 0.4) is 0 Å². The molecule has 0 spiro atoms. The monoisotopic (exact) mass is 504 g/mol. The number of aliphatic hydroxyl groups is 1. The third kappa shape index (κ3) is 4.48. The Labute approximate surface area is 217 Å². The van der Waals surface area contributed by atoms with Gasteiger partial charge in [0.05, 0.1) is 30.1 Å². The summed E-state index contributed by atoms with van der Waals surface area (Å²) in [5, 5.41) is 13.6. The minimum Gasteiger partial charge on any atom is -0.487 e. The van der Waals surface area contributed by atoms with Gasteiger partial charge in [-0.3, -0.25) is 14.5 Å². The van der Waals surface area contributed by atoms with Gasteiger partial charge in [-0.15, -0.1) is 0 Å². The molecule has 1 aliphatic carbocycles. The highest BCUT2D eigenvalue weighted by atomic mass is 16.5. The Bertz CT molecular complexity index is 1270. The van der Waals surface area contributed by atoms with Crippen molar-refractivity contribution in [1.29, 1.82) is 0 Å². The van der Waals surface area contributed by atoms with Crippen molar-refractivity contribution in [1.82, 2.24) is 10.2 Å². The van der Waals surface area contributed by atoms with Crippen LogP contribution in [0.4, 0.5) is 0 Å². The molecular formula is C29H36N4O4. The van der Waals surface area contributed by atoms with E-state index in [0.717, 1.165) is 29.5 Å². The van der Waals surface area contributed by atoms with Crippen LogP contribution < -0.4 is 15.8 Å². The SMILES string of the molecule is CCC1(CC)C[C@@H](N2C(=O)CC(C)(C)N=C2N)c2cc(C(=O)N[C@@H]3c4ccccc4C[C@H]3O)ccc2O1. The summed E-state index contributed by atoms with van der Waals surface area (Å²) in [7, 11) is 0. The van der Waals surface area contributed by atoms with Crippen molar-refractivity contribution in [3.8, 4) is 5.75 Å². The molecular weight excluding hydrogens is 468 g/mol. The third-order valence-electron chi connectivity index (χ3n) is 8.13. The smallest absolute Gasteiger partial charge is 0.251 e. The predicted octanol–water partition coefficient (Wildman–Crippen LogP) is 3.78. The topological polar surface area (TPSA) is 117 Å². The second-order valence-corrected chi connectivity index (χ2v) is 11.1. The molecule has 2 heterocycles. The van der Waals surface area contributed by atoms with Crippen molar-refractivity contribution < 1.29 is 19.4 Å². The zero-order valence-electron chi connectivity index (χ0n) is 22.0. The normalized spacial score (nSPS) is 25.5. The van der Waals surface area contributed by atoms with Crippen LogP contribution in [0.25, 0.3) is 0 Å². The predicted molar refractivity (Wildman–Crippen MR) is 141 cm³/mol. The summed E-state index contributed by atoms with van der Waals surface area (Å²) >= 11 is 0. The molecule has 196 valence electrons. The molecule has 8 nitrogen and oxygen atoms in total. The second kappa shape index (κ2) is 9.17. The molecule has 2 aromatic carbocycles. The molecule has 0 bridgehead atoms. The van der Waals surface area contributed by atoms with Crippen molar-refractivity contribution in [2.24, 2.45) is 10.7 Å². The number of benzene rings is 2. The van der Waals surface area contributed by atoms with E-state index >= 15 is 0 Å². The van der Waals surface area contributed by atoms with Gasteiger partial charge < -0.3 is 20.9 Å². The number of guanidine groups is 1. The van der Waals surface area contributed by atoms with Crippen LogP contribution in [0.1, 0.15) is 92.5 Å². The van der Waals surface area contributed by atoms with Gasteiger partial charge in [0.15, 0.2) is 5.96 Å². The Morgan fingerprint density at radius 3 is 2.62 bits per heavy atom. The van der Waals surface area contributed by atoms with E-state index in [4.69, 9.17) is 10.5 Å². The maximum Gasteiger partial charge on any atom is 0.251 e. The van der Waals surface area contributed by atoms with E-state index in [0.29, 0.717) is 24.2 Å². The maximum atomic E-state index is 13.4. The molecule has 0 unspecified atom stereocenters. The lowest BCUT2D eigenvalue weighted by molar-refractivity contribution is -0.132. The highest BCUT2D eigenvalue weighted by Crippen LogP contribution is 2.47. The molecule has 3 atom stereocenters. The fourth-order valence-electron chi connectivity index (χ4n) is 5.99. The van der Waals surface area contributed by atoms with E-state index in [2.05, 4.69) is 24.2 Å². The number of fused-ring (bicyclic) bond motifs is 2. The molecule has 0 fully saturated rings. The maximum absolute atomic E-state index is 13.4.